The lowest BCUT2D eigenvalue weighted by atomic mass is 9.93. The first-order chi connectivity index (χ1) is 14.7. The highest BCUT2D eigenvalue weighted by molar-refractivity contribution is 6.31. The normalized spacial score (nSPS) is 17.1. The standard InChI is InChI=1S/C23H24ClN5O/c24-20-5-3-4-18-15-29(13-8-19(18)20)23(30)17-6-11-28(12-7-17)22-14-21(25-16-26-22)27-9-1-2-10-27/h1-5,9-10,14,16-17H,6-8,11-13,15H2. The number of anilines is 1. The quantitative estimate of drug-likeness (QED) is 0.646. The Labute approximate surface area is 181 Å². The summed E-state index contributed by atoms with van der Waals surface area (Å²) in [5.74, 6) is 2.12. The summed E-state index contributed by atoms with van der Waals surface area (Å²) in [7, 11) is 0. The summed E-state index contributed by atoms with van der Waals surface area (Å²) in [6.07, 6.45) is 8.09. The zero-order valence-corrected chi connectivity index (χ0v) is 17.5. The number of nitrogens with zero attached hydrogens (tertiary/aromatic N) is 5. The van der Waals surface area contributed by atoms with Crippen molar-refractivity contribution < 1.29 is 4.79 Å². The van der Waals surface area contributed by atoms with Crippen molar-refractivity contribution in [1.29, 1.82) is 0 Å². The number of aromatic nitrogens is 3. The molecule has 5 rings (SSSR count). The summed E-state index contributed by atoms with van der Waals surface area (Å²) in [6.45, 7) is 3.08. The van der Waals surface area contributed by atoms with Gasteiger partial charge in [0.05, 0.1) is 0 Å². The predicted molar refractivity (Wildman–Crippen MR) is 117 cm³/mol. The number of hydrogen-bond acceptors (Lipinski definition) is 4. The molecule has 1 fully saturated rings. The first-order valence-electron chi connectivity index (χ1n) is 10.4. The van der Waals surface area contributed by atoms with E-state index in [1.807, 2.05) is 52.2 Å². The molecule has 0 radical (unpaired) electrons. The van der Waals surface area contributed by atoms with Gasteiger partial charge in [0.2, 0.25) is 5.91 Å². The molecule has 0 bridgehead atoms. The fourth-order valence-electron chi connectivity index (χ4n) is 4.50. The first-order valence-corrected chi connectivity index (χ1v) is 10.8. The maximum absolute atomic E-state index is 13.1. The number of halogens is 1. The Morgan fingerprint density at radius 2 is 1.77 bits per heavy atom. The minimum Gasteiger partial charge on any atom is -0.356 e. The number of benzene rings is 1. The van der Waals surface area contributed by atoms with Gasteiger partial charge >= 0.3 is 0 Å². The molecule has 0 saturated carbocycles. The molecule has 0 atom stereocenters. The van der Waals surface area contributed by atoms with E-state index in [-0.39, 0.29) is 11.8 Å². The zero-order chi connectivity index (χ0) is 20.5. The highest BCUT2D eigenvalue weighted by atomic mass is 35.5. The minimum absolute atomic E-state index is 0.0766. The molecule has 6 nitrogen and oxygen atoms in total. The Bertz CT molecular complexity index is 1040. The molecule has 3 aromatic rings. The lowest BCUT2D eigenvalue weighted by Crippen LogP contribution is -2.44. The van der Waals surface area contributed by atoms with Crippen LogP contribution in [0.5, 0.6) is 0 Å². The van der Waals surface area contributed by atoms with E-state index in [2.05, 4.69) is 20.9 Å². The van der Waals surface area contributed by atoms with E-state index in [9.17, 15) is 4.79 Å². The molecular weight excluding hydrogens is 398 g/mol. The summed E-state index contributed by atoms with van der Waals surface area (Å²) in [6, 6.07) is 11.9. The SMILES string of the molecule is O=C(C1CCN(c2cc(-n3cccc3)ncn2)CC1)N1CCc2c(Cl)cccc2C1. The van der Waals surface area contributed by atoms with E-state index in [1.54, 1.807) is 6.33 Å². The second-order valence-corrected chi connectivity index (χ2v) is 8.38. The molecule has 0 N–H and O–H groups in total. The Morgan fingerprint density at radius 3 is 2.57 bits per heavy atom. The van der Waals surface area contributed by atoms with Crippen LogP contribution in [0.15, 0.2) is 55.1 Å². The molecular formula is C23H24ClN5O. The van der Waals surface area contributed by atoms with Crippen LogP contribution in [0.3, 0.4) is 0 Å². The molecule has 0 unspecified atom stereocenters. The van der Waals surface area contributed by atoms with Gasteiger partial charge in [0.1, 0.15) is 18.0 Å². The average Bonchev–Trinajstić information content (AvgIpc) is 3.34. The highest BCUT2D eigenvalue weighted by Crippen LogP contribution is 2.29. The predicted octanol–water partition coefficient (Wildman–Crippen LogP) is 3.72. The molecule has 2 aromatic heterocycles. The molecule has 2 aliphatic rings. The third kappa shape index (κ3) is 3.67. The van der Waals surface area contributed by atoms with Crippen molar-refractivity contribution >= 4 is 23.3 Å². The molecule has 2 aliphatic heterocycles. The maximum atomic E-state index is 13.1. The molecule has 0 aliphatic carbocycles. The Balaban J connectivity index is 1.22. The molecule has 154 valence electrons. The fraction of sp³-hybridized carbons (Fsp3) is 0.348. The van der Waals surface area contributed by atoms with Crippen LogP contribution >= 0.6 is 11.6 Å². The molecule has 1 amide bonds. The van der Waals surface area contributed by atoms with Gasteiger partial charge in [-0.1, -0.05) is 23.7 Å². The summed E-state index contributed by atoms with van der Waals surface area (Å²) in [5, 5.41) is 0.817. The van der Waals surface area contributed by atoms with Gasteiger partial charge in [0.25, 0.3) is 0 Å². The lowest BCUT2D eigenvalue weighted by molar-refractivity contribution is -0.137. The summed E-state index contributed by atoms with van der Waals surface area (Å²) >= 11 is 6.32. The van der Waals surface area contributed by atoms with Gasteiger partial charge in [-0.15, -0.1) is 0 Å². The van der Waals surface area contributed by atoms with Crippen LogP contribution in [0.4, 0.5) is 5.82 Å². The topological polar surface area (TPSA) is 54.3 Å². The van der Waals surface area contributed by atoms with E-state index < -0.39 is 0 Å². The van der Waals surface area contributed by atoms with Gasteiger partial charge in [-0.25, -0.2) is 9.97 Å². The zero-order valence-electron chi connectivity index (χ0n) is 16.7. The molecule has 1 saturated heterocycles. The van der Waals surface area contributed by atoms with Crippen LogP contribution in [-0.4, -0.2) is 45.0 Å². The first kappa shape index (κ1) is 19.1. The summed E-state index contributed by atoms with van der Waals surface area (Å²) in [5.41, 5.74) is 2.37. The van der Waals surface area contributed by atoms with E-state index in [4.69, 9.17) is 11.6 Å². The summed E-state index contributed by atoms with van der Waals surface area (Å²) in [4.78, 5) is 26.2. The van der Waals surface area contributed by atoms with E-state index in [0.717, 1.165) is 55.6 Å². The van der Waals surface area contributed by atoms with Crippen molar-refractivity contribution in [3.8, 4) is 5.82 Å². The van der Waals surface area contributed by atoms with E-state index >= 15 is 0 Å². The largest absolute Gasteiger partial charge is 0.356 e. The number of fused-ring (bicyclic) bond motifs is 1. The third-order valence-corrected chi connectivity index (χ3v) is 6.55. The molecule has 1 aromatic carbocycles. The van der Waals surface area contributed by atoms with Crippen molar-refractivity contribution in [2.24, 2.45) is 5.92 Å². The Morgan fingerprint density at radius 1 is 1.00 bits per heavy atom. The second-order valence-electron chi connectivity index (χ2n) is 7.97. The van der Waals surface area contributed by atoms with Crippen LogP contribution in [0.2, 0.25) is 5.02 Å². The van der Waals surface area contributed by atoms with Gasteiger partial charge in [-0.05, 0) is 48.6 Å². The monoisotopic (exact) mass is 421 g/mol. The second kappa shape index (κ2) is 8.11. The van der Waals surface area contributed by atoms with Crippen molar-refractivity contribution in [2.45, 2.75) is 25.8 Å². The van der Waals surface area contributed by atoms with Gasteiger partial charge in [0, 0.05) is 55.6 Å². The van der Waals surface area contributed by atoms with Crippen LogP contribution in [0.1, 0.15) is 24.0 Å². The van der Waals surface area contributed by atoms with Gasteiger partial charge in [0.15, 0.2) is 0 Å². The highest BCUT2D eigenvalue weighted by Gasteiger charge is 2.31. The number of piperidine rings is 1. The number of rotatable bonds is 3. The van der Waals surface area contributed by atoms with Crippen molar-refractivity contribution in [3.63, 3.8) is 0 Å². The maximum Gasteiger partial charge on any atom is 0.226 e. The van der Waals surface area contributed by atoms with Crippen molar-refractivity contribution in [1.82, 2.24) is 19.4 Å². The van der Waals surface area contributed by atoms with E-state index in [1.165, 1.54) is 11.1 Å². The van der Waals surface area contributed by atoms with Crippen molar-refractivity contribution in [2.75, 3.05) is 24.5 Å². The van der Waals surface area contributed by atoms with Crippen LogP contribution in [0, 0.1) is 5.92 Å². The van der Waals surface area contributed by atoms with Crippen LogP contribution in [-0.2, 0) is 17.8 Å². The summed E-state index contributed by atoms with van der Waals surface area (Å²) < 4.78 is 1.97. The van der Waals surface area contributed by atoms with Gasteiger partial charge in [-0.2, -0.15) is 0 Å². The lowest BCUT2D eigenvalue weighted by Gasteiger charge is -2.36. The number of amides is 1. The van der Waals surface area contributed by atoms with Crippen molar-refractivity contribution in [3.05, 3.63) is 71.3 Å². The molecule has 30 heavy (non-hydrogen) atoms. The van der Waals surface area contributed by atoms with Gasteiger partial charge < -0.3 is 14.4 Å². The third-order valence-electron chi connectivity index (χ3n) is 6.20. The Kier molecular flexibility index (Phi) is 5.17. The average molecular weight is 422 g/mol. The van der Waals surface area contributed by atoms with E-state index in [0.29, 0.717) is 6.54 Å². The Hall–Kier alpha value is -2.86. The minimum atomic E-state index is 0.0766. The number of hydrogen-bond donors (Lipinski definition) is 0. The molecule has 4 heterocycles. The smallest absolute Gasteiger partial charge is 0.226 e. The number of carbonyl (C=O) groups excluding carboxylic acids is 1. The molecule has 7 heteroatoms. The van der Waals surface area contributed by atoms with Crippen LogP contribution in [0.25, 0.3) is 5.82 Å². The van der Waals surface area contributed by atoms with Gasteiger partial charge in [-0.3, -0.25) is 4.79 Å². The number of carbonyl (C=O) groups is 1. The fourth-order valence-corrected chi connectivity index (χ4v) is 4.79. The molecule has 0 spiro atoms. The van der Waals surface area contributed by atoms with Crippen LogP contribution < -0.4 is 4.90 Å².